The van der Waals surface area contributed by atoms with Crippen LogP contribution in [0.25, 0.3) is 0 Å². The first-order chi connectivity index (χ1) is 7.36. The zero-order chi connectivity index (χ0) is 10.9. The first-order valence-electron chi connectivity index (χ1n) is 5.76. The van der Waals surface area contributed by atoms with E-state index in [1.54, 1.807) is 0 Å². The number of hydrogen-bond donors (Lipinski definition) is 2. The van der Waals surface area contributed by atoms with Gasteiger partial charge in [0.05, 0.1) is 6.54 Å². The predicted octanol–water partition coefficient (Wildman–Crippen LogP) is 2.44. The third kappa shape index (κ3) is 5.00. The average molecular weight is 211 g/mol. The highest BCUT2D eigenvalue weighted by Crippen LogP contribution is 2.07. The summed E-state index contributed by atoms with van der Waals surface area (Å²) < 4.78 is 5.35. The summed E-state index contributed by atoms with van der Waals surface area (Å²) in [5.41, 5.74) is 0. The van der Waals surface area contributed by atoms with Crippen LogP contribution in [0.4, 0.5) is 0 Å². The fraction of sp³-hybridized carbons (Fsp3) is 0.667. The summed E-state index contributed by atoms with van der Waals surface area (Å²) in [5, 5.41) is 12.1. The summed E-state index contributed by atoms with van der Waals surface area (Å²) in [6, 6.07) is 3.72. The van der Waals surface area contributed by atoms with E-state index in [0.717, 1.165) is 18.8 Å². The van der Waals surface area contributed by atoms with Gasteiger partial charge in [-0.1, -0.05) is 26.2 Å². The normalized spacial score (nSPS) is 10.8. The molecule has 0 atom stereocenters. The van der Waals surface area contributed by atoms with E-state index >= 15 is 0 Å². The minimum absolute atomic E-state index is 0.0174. The Morgan fingerprint density at radius 3 is 2.67 bits per heavy atom. The van der Waals surface area contributed by atoms with E-state index in [9.17, 15) is 0 Å². The van der Waals surface area contributed by atoms with Crippen molar-refractivity contribution < 1.29 is 9.52 Å². The molecule has 0 aliphatic carbocycles. The van der Waals surface area contributed by atoms with Gasteiger partial charge in [0.25, 0.3) is 0 Å². The molecule has 0 bridgehead atoms. The summed E-state index contributed by atoms with van der Waals surface area (Å²) >= 11 is 0. The second-order valence-corrected chi connectivity index (χ2v) is 3.76. The molecular weight excluding hydrogens is 190 g/mol. The van der Waals surface area contributed by atoms with Gasteiger partial charge in [0.2, 0.25) is 0 Å². The van der Waals surface area contributed by atoms with Crippen molar-refractivity contribution in [2.24, 2.45) is 0 Å². The molecule has 2 N–H and O–H groups in total. The Morgan fingerprint density at radius 2 is 2.00 bits per heavy atom. The van der Waals surface area contributed by atoms with Crippen LogP contribution in [0.1, 0.15) is 44.1 Å². The molecule has 86 valence electrons. The van der Waals surface area contributed by atoms with Crippen molar-refractivity contribution in [2.75, 3.05) is 6.54 Å². The summed E-state index contributed by atoms with van der Waals surface area (Å²) in [6.07, 6.45) is 5.11. The molecule has 1 rings (SSSR count). The van der Waals surface area contributed by atoms with E-state index < -0.39 is 0 Å². The number of hydrogen-bond acceptors (Lipinski definition) is 3. The molecule has 0 aromatic carbocycles. The average Bonchev–Trinajstić information content (AvgIpc) is 2.71. The molecule has 15 heavy (non-hydrogen) atoms. The highest BCUT2D eigenvalue weighted by Gasteiger charge is 1.99. The van der Waals surface area contributed by atoms with Crippen molar-refractivity contribution >= 4 is 0 Å². The zero-order valence-electron chi connectivity index (χ0n) is 9.46. The zero-order valence-corrected chi connectivity index (χ0v) is 9.46. The van der Waals surface area contributed by atoms with Gasteiger partial charge in [-0.2, -0.15) is 0 Å². The number of aliphatic hydroxyl groups excluding tert-OH is 1. The molecule has 0 spiro atoms. The lowest BCUT2D eigenvalue weighted by Crippen LogP contribution is -2.14. The Labute approximate surface area is 91.5 Å². The van der Waals surface area contributed by atoms with E-state index in [-0.39, 0.29) is 6.61 Å². The Morgan fingerprint density at radius 1 is 1.20 bits per heavy atom. The first kappa shape index (κ1) is 12.3. The number of unbranched alkanes of at least 4 members (excludes halogenated alkanes) is 3. The maximum atomic E-state index is 8.81. The van der Waals surface area contributed by atoms with Crippen molar-refractivity contribution in [2.45, 2.75) is 45.8 Å². The lowest BCUT2D eigenvalue weighted by atomic mass is 10.2. The van der Waals surface area contributed by atoms with Crippen LogP contribution in [0, 0.1) is 0 Å². The molecule has 0 saturated heterocycles. The SMILES string of the molecule is CCCCCCNCc1ccc(CO)o1. The highest BCUT2D eigenvalue weighted by atomic mass is 16.4. The third-order valence-electron chi connectivity index (χ3n) is 2.38. The van der Waals surface area contributed by atoms with Gasteiger partial charge < -0.3 is 14.8 Å². The lowest BCUT2D eigenvalue weighted by molar-refractivity contribution is 0.243. The van der Waals surface area contributed by atoms with Crippen LogP contribution in [-0.4, -0.2) is 11.7 Å². The van der Waals surface area contributed by atoms with Crippen LogP contribution >= 0.6 is 0 Å². The van der Waals surface area contributed by atoms with Gasteiger partial charge in [-0.3, -0.25) is 0 Å². The van der Waals surface area contributed by atoms with E-state index in [2.05, 4.69) is 12.2 Å². The number of rotatable bonds is 8. The Hall–Kier alpha value is -0.800. The summed E-state index contributed by atoms with van der Waals surface area (Å²) in [6.45, 7) is 3.99. The second-order valence-electron chi connectivity index (χ2n) is 3.76. The molecule has 0 radical (unpaired) electrons. The fourth-order valence-corrected chi connectivity index (χ4v) is 1.49. The number of nitrogens with one attached hydrogen (secondary N) is 1. The minimum atomic E-state index is -0.0174. The Kier molecular flexibility index (Phi) is 6.12. The molecular formula is C12H21NO2. The molecule has 1 heterocycles. The monoisotopic (exact) mass is 211 g/mol. The van der Waals surface area contributed by atoms with Gasteiger partial charge in [-0.25, -0.2) is 0 Å². The molecule has 1 aromatic heterocycles. The Bertz CT molecular complexity index is 258. The molecule has 3 heteroatoms. The molecule has 0 fully saturated rings. The van der Waals surface area contributed by atoms with Crippen LogP contribution < -0.4 is 5.32 Å². The molecule has 0 aliphatic heterocycles. The predicted molar refractivity (Wildman–Crippen MR) is 60.5 cm³/mol. The third-order valence-corrected chi connectivity index (χ3v) is 2.38. The molecule has 0 saturated carbocycles. The second kappa shape index (κ2) is 7.49. The first-order valence-corrected chi connectivity index (χ1v) is 5.76. The van der Waals surface area contributed by atoms with E-state index in [1.807, 2.05) is 12.1 Å². The topological polar surface area (TPSA) is 45.4 Å². The minimum Gasteiger partial charge on any atom is -0.462 e. The van der Waals surface area contributed by atoms with Crippen molar-refractivity contribution in [1.29, 1.82) is 0 Å². The molecule has 0 unspecified atom stereocenters. The summed E-state index contributed by atoms with van der Waals surface area (Å²) in [4.78, 5) is 0. The highest BCUT2D eigenvalue weighted by molar-refractivity contribution is 5.05. The van der Waals surface area contributed by atoms with Gasteiger partial charge in [0.1, 0.15) is 18.1 Å². The molecule has 3 nitrogen and oxygen atoms in total. The fourth-order valence-electron chi connectivity index (χ4n) is 1.49. The van der Waals surface area contributed by atoms with Gasteiger partial charge in [-0.15, -0.1) is 0 Å². The summed E-state index contributed by atoms with van der Waals surface area (Å²) in [5.74, 6) is 1.53. The maximum Gasteiger partial charge on any atom is 0.129 e. The van der Waals surface area contributed by atoms with Crippen molar-refractivity contribution in [1.82, 2.24) is 5.32 Å². The molecule has 0 aliphatic rings. The van der Waals surface area contributed by atoms with Crippen molar-refractivity contribution in [3.05, 3.63) is 23.7 Å². The van der Waals surface area contributed by atoms with Crippen molar-refractivity contribution in [3.8, 4) is 0 Å². The largest absolute Gasteiger partial charge is 0.462 e. The quantitative estimate of drug-likeness (QED) is 0.649. The van der Waals surface area contributed by atoms with Crippen LogP contribution in [0.15, 0.2) is 16.5 Å². The van der Waals surface area contributed by atoms with E-state index in [0.29, 0.717) is 5.76 Å². The van der Waals surface area contributed by atoms with Crippen LogP contribution in [0.3, 0.4) is 0 Å². The number of aliphatic hydroxyl groups is 1. The lowest BCUT2D eigenvalue weighted by Gasteiger charge is -2.01. The Balaban J connectivity index is 2.04. The van der Waals surface area contributed by atoms with Crippen molar-refractivity contribution in [3.63, 3.8) is 0 Å². The molecule has 1 aromatic rings. The van der Waals surface area contributed by atoms with Gasteiger partial charge in [0.15, 0.2) is 0 Å². The standard InChI is InChI=1S/C12H21NO2/c1-2-3-4-5-8-13-9-11-6-7-12(10-14)15-11/h6-7,13-14H,2-5,8-10H2,1H3. The van der Waals surface area contributed by atoms with Crippen LogP contribution in [0.5, 0.6) is 0 Å². The van der Waals surface area contributed by atoms with Gasteiger partial charge in [0, 0.05) is 0 Å². The summed E-state index contributed by atoms with van der Waals surface area (Å²) in [7, 11) is 0. The van der Waals surface area contributed by atoms with E-state index in [4.69, 9.17) is 9.52 Å². The smallest absolute Gasteiger partial charge is 0.129 e. The van der Waals surface area contributed by atoms with Crippen LogP contribution in [-0.2, 0) is 13.2 Å². The van der Waals surface area contributed by atoms with Crippen LogP contribution in [0.2, 0.25) is 0 Å². The molecule has 0 amide bonds. The number of furan rings is 1. The van der Waals surface area contributed by atoms with E-state index in [1.165, 1.54) is 25.7 Å². The maximum absolute atomic E-state index is 8.81. The van der Waals surface area contributed by atoms with Gasteiger partial charge in [-0.05, 0) is 25.1 Å². The van der Waals surface area contributed by atoms with Gasteiger partial charge >= 0.3 is 0 Å².